The van der Waals surface area contributed by atoms with Crippen LogP contribution in [0.4, 0.5) is 0 Å². The molecule has 104 valence electrons. The van der Waals surface area contributed by atoms with E-state index in [0.29, 0.717) is 11.3 Å². The molecule has 0 radical (unpaired) electrons. The lowest BCUT2D eigenvalue weighted by Crippen LogP contribution is -2.27. The molecule has 0 aliphatic carbocycles. The molecule has 0 bridgehead atoms. The van der Waals surface area contributed by atoms with Crippen molar-refractivity contribution in [3.05, 3.63) is 39.4 Å². The SMILES string of the molecule is CCC(NS(=O)(=O)c1ccc(CO)s1)c1cccs1. The van der Waals surface area contributed by atoms with Crippen molar-refractivity contribution in [2.75, 3.05) is 0 Å². The summed E-state index contributed by atoms with van der Waals surface area (Å²) < 4.78 is 27.4. The first-order valence-electron chi connectivity index (χ1n) is 5.82. The van der Waals surface area contributed by atoms with Crippen molar-refractivity contribution in [3.8, 4) is 0 Å². The van der Waals surface area contributed by atoms with Crippen molar-refractivity contribution in [1.29, 1.82) is 0 Å². The topological polar surface area (TPSA) is 66.4 Å². The summed E-state index contributed by atoms with van der Waals surface area (Å²) in [5.74, 6) is 0. The van der Waals surface area contributed by atoms with Gasteiger partial charge < -0.3 is 5.11 Å². The third-order valence-corrected chi connectivity index (χ3v) is 6.67. The van der Waals surface area contributed by atoms with Crippen LogP contribution in [-0.2, 0) is 16.6 Å². The zero-order valence-electron chi connectivity index (χ0n) is 10.4. The van der Waals surface area contributed by atoms with Crippen LogP contribution in [-0.4, -0.2) is 13.5 Å². The van der Waals surface area contributed by atoms with E-state index in [9.17, 15) is 8.42 Å². The number of aliphatic hydroxyl groups is 1. The van der Waals surface area contributed by atoms with Gasteiger partial charge in [0.15, 0.2) is 0 Å². The molecule has 1 atom stereocenters. The Balaban J connectivity index is 2.20. The molecule has 2 rings (SSSR count). The average molecular weight is 317 g/mol. The van der Waals surface area contributed by atoms with Gasteiger partial charge in [-0.1, -0.05) is 13.0 Å². The summed E-state index contributed by atoms with van der Waals surface area (Å²) in [6, 6.07) is 6.79. The van der Waals surface area contributed by atoms with Crippen LogP contribution < -0.4 is 4.72 Å². The van der Waals surface area contributed by atoms with E-state index in [4.69, 9.17) is 5.11 Å². The van der Waals surface area contributed by atoms with Crippen LogP contribution >= 0.6 is 22.7 Å². The van der Waals surface area contributed by atoms with Gasteiger partial charge >= 0.3 is 0 Å². The minimum absolute atomic E-state index is 0.137. The van der Waals surface area contributed by atoms with Crippen LogP contribution in [0, 0.1) is 0 Å². The van der Waals surface area contributed by atoms with Crippen molar-refractivity contribution in [1.82, 2.24) is 4.72 Å². The molecular weight excluding hydrogens is 302 g/mol. The Hall–Kier alpha value is -0.730. The first-order valence-corrected chi connectivity index (χ1v) is 9.00. The van der Waals surface area contributed by atoms with Gasteiger partial charge in [0.05, 0.1) is 12.6 Å². The van der Waals surface area contributed by atoms with Gasteiger partial charge in [-0.15, -0.1) is 22.7 Å². The van der Waals surface area contributed by atoms with Gasteiger partial charge in [0.1, 0.15) is 4.21 Å². The second-order valence-electron chi connectivity index (χ2n) is 3.98. The van der Waals surface area contributed by atoms with E-state index in [0.717, 1.165) is 16.2 Å². The highest BCUT2D eigenvalue weighted by atomic mass is 32.2. The van der Waals surface area contributed by atoms with Crippen LogP contribution in [0.25, 0.3) is 0 Å². The normalized spacial score (nSPS) is 13.6. The molecule has 1 unspecified atom stereocenters. The summed E-state index contributed by atoms with van der Waals surface area (Å²) in [4.78, 5) is 1.65. The molecule has 0 fully saturated rings. The van der Waals surface area contributed by atoms with Crippen LogP contribution in [0.15, 0.2) is 33.9 Å². The second kappa shape index (κ2) is 6.15. The maximum Gasteiger partial charge on any atom is 0.250 e. The molecule has 2 aromatic heterocycles. The maximum absolute atomic E-state index is 12.2. The molecule has 0 saturated heterocycles. The highest BCUT2D eigenvalue weighted by Crippen LogP contribution is 2.27. The summed E-state index contributed by atoms with van der Waals surface area (Å²) in [6.07, 6.45) is 0.692. The third kappa shape index (κ3) is 3.43. The number of sulfonamides is 1. The zero-order chi connectivity index (χ0) is 13.9. The molecule has 2 aromatic rings. The van der Waals surface area contributed by atoms with E-state index in [1.165, 1.54) is 17.4 Å². The summed E-state index contributed by atoms with van der Waals surface area (Å²) in [6.45, 7) is 1.81. The number of hydrogen-bond donors (Lipinski definition) is 2. The van der Waals surface area contributed by atoms with Gasteiger partial charge in [0.25, 0.3) is 10.0 Å². The van der Waals surface area contributed by atoms with Gasteiger partial charge in [-0.05, 0) is 30.0 Å². The van der Waals surface area contributed by atoms with Crippen LogP contribution in [0.2, 0.25) is 0 Å². The minimum atomic E-state index is -3.52. The first kappa shape index (κ1) is 14.7. The molecule has 7 heteroatoms. The van der Waals surface area contributed by atoms with Gasteiger partial charge in [0.2, 0.25) is 0 Å². The highest BCUT2D eigenvalue weighted by Gasteiger charge is 2.22. The summed E-state index contributed by atoms with van der Waals surface area (Å²) in [5, 5.41) is 10.9. The molecule has 19 heavy (non-hydrogen) atoms. The van der Waals surface area contributed by atoms with Gasteiger partial charge in [0, 0.05) is 9.75 Å². The lowest BCUT2D eigenvalue weighted by atomic mass is 10.2. The molecule has 0 aliphatic heterocycles. The van der Waals surface area contributed by atoms with Gasteiger partial charge in [-0.2, -0.15) is 0 Å². The zero-order valence-corrected chi connectivity index (χ0v) is 12.8. The molecule has 4 nitrogen and oxygen atoms in total. The summed E-state index contributed by atoms with van der Waals surface area (Å²) >= 11 is 2.63. The number of aliphatic hydroxyl groups excluding tert-OH is 1. The van der Waals surface area contributed by atoms with Crippen molar-refractivity contribution >= 4 is 32.7 Å². The van der Waals surface area contributed by atoms with E-state index < -0.39 is 10.0 Å². The fourth-order valence-corrected chi connectivity index (χ4v) is 5.13. The lowest BCUT2D eigenvalue weighted by Gasteiger charge is -2.14. The van der Waals surface area contributed by atoms with Crippen LogP contribution in [0.3, 0.4) is 0 Å². The van der Waals surface area contributed by atoms with Crippen molar-refractivity contribution in [2.24, 2.45) is 0 Å². The van der Waals surface area contributed by atoms with Crippen molar-refractivity contribution in [2.45, 2.75) is 30.2 Å². The Morgan fingerprint density at radius 1 is 1.37 bits per heavy atom. The number of thiophene rings is 2. The predicted octanol–water partition coefficient (Wildman–Crippen LogP) is 2.73. The molecule has 0 aromatic carbocycles. The Labute approximate surface area is 120 Å². The predicted molar refractivity (Wildman–Crippen MR) is 77.9 cm³/mol. The molecule has 0 spiro atoms. The second-order valence-corrected chi connectivity index (χ2v) is 8.06. The number of nitrogens with one attached hydrogen (secondary N) is 1. The maximum atomic E-state index is 12.2. The molecule has 0 amide bonds. The highest BCUT2D eigenvalue weighted by molar-refractivity contribution is 7.91. The monoisotopic (exact) mass is 317 g/mol. The van der Waals surface area contributed by atoms with Gasteiger partial charge in [-0.3, -0.25) is 0 Å². The smallest absolute Gasteiger partial charge is 0.250 e. The standard InChI is InChI=1S/C12H15NO3S3/c1-2-10(11-4-3-7-17-11)13-19(15,16)12-6-5-9(8-14)18-12/h3-7,10,13-14H,2,8H2,1H3. The van der Waals surface area contributed by atoms with E-state index in [-0.39, 0.29) is 16.9 Å². The fraction of sp³-hybridized carbons (Fsp3) is 0.333. The van der Waals surface area contributed by atoms with Crippen molar-refractivity contribution < 1.29 is 13.5 Å². The Kier molecular flexibility index (Phi) is 4.75. The largest absolute Gasteiger partial charge is 0.391 e. The fourth-order valence-electron chi connectivity index (χ4n) is 1.67. The summed E-state index contributed by atoms with van der Waals surface area (Å²) in [5.41, 5.74) is 0. The third-order valence-electron chi connectivity index (χ3n) is 2.65. The van der Waals surface area contributed by atoms with E-state index in [1.54, 1.807) is 6.07 Å². The number of hydrogen-bond acceptors (Lipinski definition) is 5. The molecule has 2 heterocycles. The van der Waals surface area contributed by atoms with E-state index >= 15 is 0 Å². The Morgan fingerprint density at radius 2 is 2.16 bits per heavy atom. The quantitative estimate of drug-likeness (QED) is 0.861. The lowest BCUT2D eigenvalue weighted by molar-refractivity contribution is 0.285. The summed E-state index contributed by atoms with van der Waals surface area (Å²) in [7, 11) is -3.52. The van der Waals surface area contributed by atoms with Gasteiger partial charge in [-0.25, -0.2) is 13.1 Å². The molecule has 0 aliphatic rings. The number of rotatable bonds is 6. The Morgan fingerprint density at radius 3 is 2.68 bits per heavy atom. The minimum Gasteiger partial charge on any atom is -0.391 e. The van der Waals surface area contributed by atoms with E-state index in [2.05, 4.69) is 4.72 Å². The molecular formula is C12H15NO3S3. The van der Waals surface area contributed by atoms with Crippen LogP contribution in [0.5, 0.6) is 0 Å². The van der Waals surface area contributed by atoms with E-state index in [1.807, 2.05) is 24.4 Å². The first-order chi connectivity index (χ1) is 9.06. The molecule has 2 N–H and O–H groups in total. The Bertz CT molecular complexity index is 616. The average Bonchev–Trinajstić information content (AvgIpc) is 3.06. The van der Waals surface area contributed by atoms with Crippen LogP contribution in [0.1, 0.15) is 29.1 Å². The molecule has 0 saturated carbocycles. The van der Waals surface area contributed by atoms with Crippen molar-refractivity contribution in [3.63, 3.8) is 0 Å².